The van der Waals surface area contributed by atoms with Crippen LogP contribution in [0.5, 0.6) is 5.75 Å². The van der Waals surface area contributed by atoms with E-state index in [2.05, 4.69) is 10.1 Å². The molecule has 0 radical (unpaired) electrons. The molecule has 0 spiro atoms. The monoisotopic (exact) mass is 396 g/mol. The van der Waals surface area contributed by atoms with E-state index in [1.165, 1.54) is 43.3 Å². The zero-order valence-corrected chi connectivity index (χ0v) is 15.0. The number of carbonyl (C=O) groups excluding carboxylic acids is 2. The first kappa shape index (κ1) is 21.1. The Morgan fingerprint density at radius 3 is 2.07 bits per heavy atom. The van der Waals surface area contributed by atoms with Crippen molar-refractivity contribution in [2.75, 3.05) is 18.5 Å². The van der Waals surface area contributed by atoms with Crippen molar-refractivity contribution >= 4 is 17.6 Å². The highest BCUT2D eigenvalue weighted by Crippen LogP contribution is 2.33. The number of nitrogens with one attached hydrogen (secondary N) is 2. The van der Waals surface area contributed by atoms with E-state index < -0.39 is 30.3 Å². The maximum Gasteiger partial charge on any atom is 0.441 e. The smallest absolute Gasteiger partial charge is 0.441 e. The van der Waals surface area contributed by atoms with Crippen LogP contribution in [0.25, 0.3) is 0 Å². The number of alkyl halides is 3. The normalized spacial score (nSPS) is 13.1. The van der Waals surface area contributed by atoms with Gasteiger partial charge in [-0.15, -0.1) is 0 Å². The van der Waals surface area contributed by atoms with Gasteiger partial charge < -0.3 is 20.1 Å². The number of anilines is 1. The number of hydrogen-bond acceptors (Lipinski definition) is 5. The van der Waals surface area contributed by atoms with Gasteiger partial charge in [-0.25, -0.2) is 4.79 Å². The van der Waals surface area contributed by atoms with Gasteiger partial charge in [-0.1, -0.05) is 36.4 Å². The average Bonchev–Trinajstić information content (AvgIpc) is 2.66. The van der Waals surface area contributed by atoms with Crippen LogP contribution in [-0.2, 0) is 14.3 Å². The summed E-state index contributed by atoms with van der Waals surface area (Å²) >= 11 is 0. The Morgan fingerprint density at radius 1 is 0.964 bits per heavy atom. The lowest BCUT2D eigenvalue weighted by molar-refractivity contribution is -0.208. The largest absolute Gasteiger partial charge is 0.484 e. The zero-order valence-electron chi connectivity index (χ0n) is 15.0. The maximum absolute atomic E-state index is 13.9. The van der Waals surface area contributed by atoms with Crippen molar-refractivity contribution in [3.63, 3.8) is 0 Å². The van der Waals surface area contributed by atoms with Crippen molar-refractivity contribution in [3.05, 3.63) is 60.7 Å². The molecule has 1 amide bonds. The van der Waals surface area contributed by atoms with Gasteiger partial charge in [0.1, 0.15) is 5.75 Å². The van der Waals surface area contributed by atoms with Crippen LogP contribution >= 0.6 is 0 Å². The van der Waals surface area contributed by atoms with Gasteiger partial charge >= 0.3 is 17.8 Å². The highest BCUT2D eigenvalue weighted by Gasteiger charge is 2.63. The molecule has 0 aromatic heterocycles. The van der Waals surface area contributed by atoms with Crippen molar-refractivity contribution < 1.29 is 32.2 Å². The van der Waals surface area contributed by atoms with Gasteiger partial charge in [0.2, 0.25) is 0 Å². The predicted octanol–water partition coefficient (Wildman–Crippen LogP) is 3.12. The summed E-state index contributed by atoms with van der Waals surface area (Å²) in [4.78, 5) is 24.5. The topological polar surface area (TPSA) is 76.7 Å². The van der Waals surface area contributed by atoms with Crippen molar-refractivity contribution in [2.24, 2.45) is 0 Å². The number of amides is 1. The van der Waals surface area contributed by atoms with Crippen LogP contribution in [0.2, 0.25) is 0 Å². The van der Waals surface area contributed by atoms with Crippen LogP contribution in [0, 0.1) is 0 Å². The first-order valence-electron chi connectivity index (χ1n) is 8.34. The van der Waals surface area contributed by atoms with E-state index in [1.54, 1.807) is 29.6 Å². The fourth-order valence-electron chi connectivity index (χ4n) is 2.28. The molecular formula is C19H19F3N2O4. The fourth-order valence-corrected chi connectivity index (χ4v) is 2.28. The molecular weight excluding hydrogens is 377 g/mol. The van der Waals surface area contributed by atoms with Gasteiger partial charge in [-0.2, -0.15) is 13.2 Å². The Kier molecular flexibility index (Phi) is 6.86. The van der Waals surface area contributed by atoms with Crippen LogP contribution < -0.4 is 15.4 Å². The SMILES string of the molecule is CCOC(=O)[C@@](NC(=O)COc1ccccc1)(Nc1ccccc1)C(F)(F)F. The van der Waals surface area contributed by atoms with Gasteiger partial charge in [0, 0.05) is 5.69 Å². The third-order valence-electron chi connectivity index (χ3n) is 3.55. The summed E-state index contributed by atoms with van der Waals surface area (Å²) in [5, 5.41) is 3.76. The van der Waals surface area contributed by atoms with Crippen LogP contribution in [-0.4, -0.2) is 36.9 Å². The molecule has 2 aromatic rings. The summed E-state index contributed by atoms with van der Waals surface area (Å²) < 4.78 is 51.6. The molecule has 0 unspecified atom stereocenters. The highest BCUT2D eigenvalue weighted by atomic mass is 19.4. The Morgan fingerprint density at radius 2 is 1.54 bits per heavy atom. The lowest BCUT2D eigenvalue weighted by atomic mass is 10.1. The van der Waals surface area contributed by atoms with Crippen molar-refractivity contribution in [3.8, 4) is 5.75 Å². The second-order valence-corrected chi connectivity index (χ2v) is 5.61. The molecule has 0 heterocycles. The molecule has 150 valence electrons. The van der Waals surface area contributed by atoms with Crippen LogP contribution in [0.3, 0.4) is 0 Å². The summed E-state index contributed by atoms with van der Waals surface area (Å²) in [5.41, 5.74) is -3.50. The second-order valence-electron chi connectivity index (χ2n) is 5.61. The molecule has 6 nitrogen and oxygen atoms in total. The predicted molar refractivity (Wildman–Crippen MR) is 95.6 cm³/mol. The summed E-state index contributed by atoms with van der Waals surface area (Å²) in [7, 11) is 0. The lowest BCUT2D eigenvalue weighted by Gasteiger charge is -2.35. The first-order valence-corrected chi connectivity index (χ1v) is 8.34. The van der Waals surface area contributed by atoms with E-state index in [1.807, 2.05) is 0 Å². The van der Waals surface area contributed by atoms with Crippen LogP contribution in [0.4, 0.5) is 18.9 Å². The Hall–Kier alpha value is -3.23. The molecule has 28 heavy (non-hydrogen) atoms. The minimum atomic E-state index is -5.20. The standard InChI is InChI=1S/C19H19F3N2O4/c1-2-27-17(26)18(19(20,21)22,23-14-9-5-3-6-10-14)24-16(25)13-28-15-11-7-4-8-12-15/h3-12,23H,2,13H2,1H3,(H,24,25)/t18-/m0/s1. The van der Waals surface area contributed by atoms with Crippen molar-refractivity contribution in [1.29, 1.82) is 0 Å². The number of ether oxygens (including phenoxy) is 2. The van der Waals surface area contributed by atoms with Crippen molar-refractivity contribution in [1.82, 2.24) is 5.32 Å². The van der Waals surface area contributed by atoms with E-state index in [0.717, 1.165) is 0 Å². The van der Waals surface area contributed by atoms with Gasteiger partial charge in [0.05, 0.1) is 6.61 Å². The van der Waals surface area contributed by atoms with E-state index in [9.17, 15) is 22.8 Å². The Labute approximate surface area is 159 Å². The number of hydrogen-bond donors (Lipinski definition) is 2. The quantitative estimate of drug-likeness (QED) is 0.530. The third kappa shape index (κ3) is 5.15. The van der Waals surface area contributed by atoms with E-state index >= 15 is 0 Å². The zero-order chi connectivity index (χ0) is 20.6. The minimum absolute atomic E-state index is 0.0304. The molecule has 0 aliphatic rings. The summed E-state index contributed by atoms with van der Waals surface area (Å²) in [6.45, 7) is 0.336. The Bertz CT molecular complexity index is 785. The van der Waals surface area contributed by atoms with Gasteiger partial charge in [0.25, 0.3) is 5.91 Å². The number of carbonyl (C=O) groups is 2. The summed E-state index contributed by atoms with van der Waals surface area (Å²) in [6, 6.07) is 15.3. The number of benzene rings is 2. The third-order valence-corrected chi connectivity index (χ3v) is 3.55. The molecule has 1 atom stereocenters. The lowest BCUT2D eigenvalue weighted by Crippen LogP contribution is -2.69. The number of rotatable bonds is 8. The Balaban J connectivity index is 2.27. The molecule has 0 bridgehead atoms. The van der Waals surface area contributed by atoms with Gasteiger partial charge in [-0.3, -0.25) is 4.79 Å². The van der Waals surface area contributed by atoms with E-state index in [-0.39, 0.29) is 12.3 Å². The molecule has 0 fully saturated rings. The van der Waals surface area contributed by atoms with Crippen LogP contribution in [0.1, 0.15) is 6.92 Å². The summed E-state index contributed by atoms with van der Waals surface area (Å²) in [5.74, 6) is -2.54. The number of esters is 1. The molecule has 9 heteroatoms. The van der Waals surface area contributed by atoms with E-state index in [4.69, 9.17) is 4.74 Å². The minimum Gasteiger partial charge on any atom is -0.484 e. The average molecular weight is 396 g/mol. The molecule has 2 rings (SSSR count). The second kappa shape index (κ2) is 9.12. The maximum atomic E-state index is 13.9. The molecule has 2 aromatic carbocycles. The first-order chi connectivity index (χ1) is 13.3. The molecule has 0 saturated heterocycles. The molecule has 0 aliphatic carbocycles. The van der Waals surface area contributed by atoms with Crippen molar-refractivity contribution in [2.45, 2.75) is 18.8 Å². The fraction of sp³-hybridized carbons (Fsp3) is 0.263. The number of para-hydroxylation sites is 2. The van der Waals surface area contributed by atoms with Gasteiger partial charge in [-0.05, 0) is 31.2 Å². The molecule has 2 N–H and O–H groups in total. The number of halogens is 3. The van der Waals surface area contributed by atoms with Gasteiger partial charge in [0.15, 0.2) is 6.61 Å². The highest BCUT2D eigenvalue weighted by molar-refractivity contribution is 5.91. The summed E-state index contributed by atoms with van der Waals surface area (Å²) in [6.07, 6.45) is -5.20. The molecule has 0 aliphatic heterocycles. The van der Waals surface area contributed by atoms with E-state index in [0.29, 0.717) is 5.75 Å². The van der Waals surface area contributed by atoms with Crippen LogP contribution in [0.15, 0.2) is 60.7 Å². The molecule has 0 saturated carbocycles.